The van der Waals surface area contributed by atoms with Gasteiger partial charge >= 0.3 is 0 Å². The maximum atomic E-state index is 13.0. The first-order valence-corrected chi connectivity index (χ1v) is 5.69. The standard InChI is InChI=1S/C13H15FN2/c14-13-4-3-11(8-15)12(7-13)9-16-6-5-10-1-2-10/h3-4,7,10,16H,1-2,5-6,9H2. The number of nitriles is 1. The molecule has 1 N–H and O–H groups in total. The van der Waals surface area contributed by atoms with E-state index >= 15 is 0 Å². The maximum absolute atomic E-state index is 13.0. The van der Waals surface area contributed by atoms with E-state index < -0.39 is 0 Å². The van der Waals surface area contributed by atoms with Gasteiger partial charge < -0.3 is 5.32 Å². The fourth-order valence-electron chi connectivity index (χ4n) is 1.75. The second-order valence-corrected chi connectivity index (χ2v) is 4.32. The van der Waals surface area contributed by atoms with Crippen molar-refractivity contribution in [3.63, 3.8) is 0 Å². The predicted molar refractivity (Wildman–Crippen MR) is 60.2 cm³/mol. The number of halogens is 1. The molecule has 0 unspecified atom stereocenters. The molecule has 0 heterocycles. The summed E-state index contributed by atoms with van der Waals surface area (Å²) in [7, 11) is 0. The molecular weight excluding hydrogens is 203 g/mol. The highest BCUT2D eigenvalue weighted by Crippen LogP contribution is 2.31. The molecule has 0 amide bonds. The van der Waals surface area contributed by atoms with Gasteiger partial charge in [-0.3, -0.25) is 0 Å². The van der Waals surface area contributed by atoms with Crippen molar-refractivity contribution in [3.8, 4) is 6.07 Å². The highest BCUT2D eigenvalue weighted by atomic mass is 19.1. The molecular formula is C13H15FN2. The van der Waals surface area contributed by atoms with Crippen LogP contribution in [0.15, 0.2) is 18.2 Å². The normalized spacial score (nSPS) is 14.8. The van der Waals surface area contributed by atoms with Crippen molar-refractivity contribution in [1.82, 2.24) is 5.32 Å². The summed E-state index contributed by atoms with van der Waals surface area (Å²) in [5.74, 6) is 0.619. The van der Waals surface area contributed by atoms with Crippen LogP contribution in [0.3, 0.4) is 0 Å². The Morgan fingerprint density at radius 3 is 2.94 bits per heavy atom. The molecule has 1 aliphatic carbocycles. The smallest absolute Gasteiger partial charge is 0.123 e. The van der Waals surface area contributed by atoms with Crippen molar-refractivity contribution in [1.29, 1.82) is 5.26 Å². The van der Waals surface area contributed by atoms with Gasteiger partial charge in [-0.2, -0.15) is 5.26 Å². The number of rotatable bonds is 5. The molecule has 16 heavy (non-hydrogen) atoms. The molecule has 1 aromatic rings. The van der Waals surface area contributed by atoms with Gasteiger partial charge in [0.25, 0.3) is 0 Å². The molecule has 1 aromatic carbocycles. The predicted octanol–water partition coefficient (Wildman–Crippen LogP) is 2.59. The van der Waals surface area contributed by atoms with Gasteiger partial charge in [0.1, 0.15) is 5.82 Å². The third kappa shape index (κ3) is 3.04. The zero-order chi connectivity index (χ0) is 11.4. The molecule has 0 bridgehead atoms. The Labute approximate surface area is 95.1 Å². The van der Waals surface area contributed by atoms with E-state index in [2.05, 4.69) is 11.4 Å². The first kappa shape index (κ1) is 11.1. The zero-order valence-electron chi connectivity index (χ0n) is 9.17. The Bertz CT molecular complexity index is 405. The number of hydrogen-bond acceptors (Lipinski definition) is 2. The SMILES string of the molecule is N#Cc1ccc(F)cc1CNCCC1CC1. The topological polar surface area (TPSA) is 35.8 Å². The van der Waals surface area contributed by atoms with Crippen molar-refractivity contribution in [2.75, 3.05) is 6.54 Å². The average molecular weight is 218 g/mol. The number of hydrogen-bond donors (Lipinski definition) is 1. The van der Waals surface area contributed by atoms with Gasteiger partial charge in [-0.05, 0) is 42.6 Å². The summed E-state index contributed by atoms with van der Waals surface area (Å²) in [4.78, 5) is 0. The van der Waals surface area contributed by atoms with Crippen LogP contribution in [0.1, 0.15) is 30.4 Å². The molecule has 84 valence electrons. The van der Waals surface area contributed by atoms with Crippen LogP contribution in [0.4, 0.5) is 4.39 Å². The highest BCUT2D eigenvalue weighted by molar-refractivity contribution is 5.37. The van der Waals surface area contributed by atoms with Gasteiger partial charge in [-0.15, -0.1) is 0 Å². The van der Waals surface area contributed by atoms with Crippen molar-refractivity contribution in [2.45, 2.75) is 25.8 Å². The average Bonchev–Trinajstić information content (AvgIpc) is 3.08. The molecule has 0 atom stereocenters. The molecule has 1 fully saturated rings. The van der Waals surface area contributed by atoms with E-state index in [0.717, 1.165) is 18.0 Å². The maximum Gasteiger partial charge on any atom is 0.123 e. The molecule has 1 saturated carbocycles. The summed E-state index contributed by atoms with van der Waals surface area (Å²) in [6.07, 6.45) is 3.90. The summed E-state index contributed by atoms with van der Waals surface area (Å²) in [5.41, 5.74) is 1.30. The third-order valence-electron chi connectivity index (χ3n) is 2.93. The van der Waals surface area contributed by atoms with E-state index in [4.69, 9.17) is 5.26 Å². The Morgan fingerprint density at radius 1 is 1.44 bits per heavy atom. The molecule has 2 rings (SSSR count). The summed E-state index contributed by atoms with van der Waals surface area (Å²) in [5, 5.41) is 12.1. The first-order valence-electron chi connectivity index (χ1n) is 5.69. The van der Waals surface area contributed by atoms with Crippen LogP contribution >= 0.6 is 0 Å². The Morgan fingerprint density at radius 2 is 2.25 bits per heavy atom. The molecule has 1 aliphatic rings. The van der Waals surface area contributed by atoms with Gasteiger partial charge in [-0.25, -0.2) is 4.39 Å². The molecule has 0 aliphatic heterocycles. The van der Waals surface area contributed by atoms with Crippen molar-refractivity contribution >= 4 is 0 Å². The lowest BCUT2D eigenvalue weighted by atomic mass is 10.1. The van der Waals surface area contributed by atoms with Gasteiger partial charge in [0, 0.05) is 6.54 Å². The van der Waals surface area contributed by atoms with E-state index in [1.807, 2.05) is 0 Å². The van der Waals surface area contributed by atoms with Crippen LogP contribution < -0.4 is 5.32 Å². The summed E-state index contributed by atoms with van der Waals surface area (Å²) in [6, 6.07) is 6.37. The largest absolute Gasteiger partial charge is 0.313 e. The van der Waals surface area contributed by atoms with Crippen LogP contribution in [0, 0.1) is 23.1 Å². The van der Waals surface area contributed by atoms with Gasteiger partial charge in [0.05, 0.1) is 11.6 Å². The molecule has 2 nitrogen and oxygen atoms in total. The van der Waals surface area contributed by atoms with Gasteiger partial charge in [0.2, 0.25) is 0 Å². The number of benzene rings is 1. The van der Waals surface area contributed by atoms with Crippen molar-refractivity contribution in [3.05, 3.63) is 35.1 Å². The second-order valence-electron chi connectivity index (χ2n) is 4.32. The fourth-order valence-corrected chi connectivity index (χ4v) is 1.75. The Hall–Kier alpha value is -1.40. The van der Waals surface area contributed by atoms with E-state index in [1.54, 1.807) is 0 Å². The van der Waals surface area contributed by atoms with Crippen LogP contribution in [0.5, 0.6) is 0 Å². The van der Waals surface area contributed by atoms with E-state index in [9.17, 15) is 4.39 Å². The summed E-state index contributed by atoms with van der Waals surface area (Å²) >= 11 is 0. The Kier molecular flexibility index (Phi) is 3.53. The first-order chi connectivity index (χ1) is 7.79. The van der Waals surface area contributed by atoms with Crippen LogP contribution in [-0.2, 0) is 6.54 Å². The lowest BCUT2D eigenvalue weighted by molar-refractivity contribution is 0.601. The minimum Gasteiger partial charge on any atom is -0.313 e. The second kappa shape index (κ2) is 5.09. The molecule has 0 aromatic heterocycles. The lowest BCUT2D eigenvalue weighted by Gasteiger charge is -2.06. The molecule has 0 radical (unpaired) electrons. The summed E-state index contributed by atoms with van der Waals surface area (Å²) in [6.45, 7) is 1.53. The molecule has 3 heteroatoms. The lowest BCUT2D eigenvalue weighted by Crippen LogP contribution is -2.16. The molecule has 0 spiro atoms. The van der Waals surface area contributed by atoms with Crippen LogP contribution in [0.2, 0.25) is 0 Å². The fraction of sp³-hybridized carbons (Fsp3) is 0.462. The number of nitrogens with one attached hydrogen (secondary N) is 1. The number of nitrogens with zero attached hydrogens (tertiary/aromatic N) is 1. The zero-order valence-corrected chi connectivity index (χ0v) is 9.17. The van der Waals surface area contributed by atoms with Gasteiger partial charge in [0.15, 0.2) is 0 Å². The van der Waals surface area contributed by atoms with Crippen molar-refractivity contribution in [2.24, 2.45) is 5.92 Å². The van der Waals surface area contributed by atoms with E-state index in [-0.39, 0.29) is 5.82 Å². The van der Waals surface area contributed by atoms with E-state index in [0.29, 0.717) is 12.1 Å². The van der Waals surface area contributed by atoms with E-state index in [1.165, 1.54) is 37.5 Å². The van der Waals surface area contributed by atoms with Crippen LogP contribution in [-0.4, -0.2) is 6.54 Å². The third-order valence-corrected chi connectivity index (χ3v) is 2.93. The summed E-state index contributed by atoms with van der Waals surface area (Å²) < 4.78 is 13.0. The quantitative estimate of drug-likeness (QED) is 0.771. The highest BCUT2D eigenvalue weighted by Gasteiger charge is 2.19. The molecule has 0 saturated heterocycles. The van der Waals surface area contributed by atoms with Crippen molar-refractivity contribution < 1.29 is 4.39 Å². The monoisotopic (exact) mass is 218 g/mol. The van der Waals surface area contributed by atoms with Gasteiger partial charge in [-0.1, -0.05) is 12.8 Å². The van der Waals surface area contributed by atoms with Crippen LogP contribution in [0.25, 0.3) is 0 Å². The minimum absolute atomic E-state index is 0.280. The Balaban J connectivity index is 1.86. The minimum atomic E-state index is -0.280.